The van der Waals surface area contributed by atoms with Gasteiger partial charge in [-0.1, -0.05) is 6.58 Å². The van der Waals surface area contributed by atoms with Crippen molar-refractivity contribution in [2.45, 2.75) is 38.5 Å². The third-order valence-corrected chi connectivity index (χ3v) is 3.57. The first-order valence-corrected chi connectivity index (χ1v) is 10.4. The Labute approximate surface area is 200 Å². The maximum absolute atomic E-state index is 11.6. The molecule has 35 heavy (non-hydrogen) atoms. The lowest BCUT2D eigenvalue weighted by Gasteiger charge is -2.07. The molecule has 0 aliphatic rings. The summed E-state index contributed by atoms with van der Waals surface area (Å²) in [4.78, 5) is 78.3. The molecule has 0 aliphatic carbocycles. The third-order valence-electron chi connectivity index (χ3n) is 3.57. The normalized spacial score (nSPS) is 9.83. The number of esters is 6. The highest BCUT2D eigenvalue weighted by atomic mass is 16.6. The highest BCUT2D eigenvalue weighted by Crippen LogP contribution is 1.98. The molecule has 0 saturated carbocycles. The number of ether oxygens (including phenoxy) is 6. The minimum absolute atomic E-state index is 0.182. The van der Waals surface area contributed by atoms with Gasteiger partial charge in [0, 0.05) is 6.08 Å². The van der Waals surface area contributed by atoms with Gasteiger partial charge in [0.25, 0.3) is 0 Å². The van der Waals surface area contributed by atoms with E-state index in [4.69, 9.17) is 24.1 Å². The van der Waals surface area contributed by atoms with Crippen LogP contribution in [0.2, 0.25) is 0 Å². The van der Waals surface area contributed by atoms with E-state index >= 15 is 0 Å². The summed E-state index contributed by atoms with van der Waals surface area (Å²) in [6, 6.07) is 0. The van der Waals surface area contributed by atoms with Gasteiger partial charge in [0.05, 0.1) is 38.5 Å². The monoisotopic (exact) mass is 504 g/mol. The Hall–Kier alpha value is -3.97. The minimum Gasteiger partial charge on any atom is -0.481 e. The van der Waals surface area contributed by atoms with Gasteiger partial charge in [0.2, 0.25) is 0 Å². The van der Waals surface area contributed by atoms with Crippen LogP contribution in [-0.4, -0.2) is 86.5 Å². The van der Waals surface area contributed by atoms with E-state index in [-0.39, 0.29) is 78.2 Å². The van der Waals surface area contributed by atoms with Gasteiger partial charge in [0.1, 0.15) is 39.6 Å². The number of rotatable bonds is 19. The SMILES string of the molecule is C=CC(=O)OCCC(=O)OCCC(=O)OCCC(=O)OCCC(=O)OCCC(=O)OCCC(=O)O. The van der Waals surface area contributed by atoms with Crippen molar-refractivity contribution in [2.24, 2.45) is 0 Å². The first-order valence-electron chi connectivity index (χ1n) is 10.4. The summed E-state index contributed by atoms with van der Waals surface area (Å²) in [6.07, 6.45) is -0.592. The maximum atomic E-state index is 11.6. The van der Waals surface area contributed by atoms with Crippen molar-refractivity contribution in [2.75, 3.05) is 39.6 Å². The van der Waals surface area contributed by atoms with Crippen molar-refractivity contribution in [3.8, 4) is 0 Å². The summed E-state index contributed by atoms with van der Waals surface area (Å²) in [5, 5.41) is 8.41. The van der Waals surface area contributed by atoms with Crippen LogP contribution in [0.4, 0.5) is 0 Å². The van der Waals surface area contributed by atoms with Crippen LogP contribution in [-0.2, 0) is 62.0 Å². The van der Waals surface area contributed by atoms with E-state index < -0.39 is 41.8 Å². The molecule has 196 valence electrons. The van der Waals surface area contributed by atoms with Crippen LogP contribution in [0.5, 0.6) is 0 Å². The molecular formula is C21H28O14. The molecule has 14 heteroatoms. The smallest absolute Gasteiger partial charge is 0.330 e. The summed E-state index contributed by atoms with van der Waals surface area (Å²) >= 11 is 0. The fourth-order valence-electron chi connectivity index (χ4n) is 1.90. The zero-order valence-corrected chi connectivity index (χ0v) is 19.0. The van der Waals surface area contributed by atoms with Crippen molar-refractivity contribution in [1.29, 1.82) is 0 Å². The molecule has 0 aromatic heterocycles. The van der Waals surface area contributed by atoms with Gasteiger partial charge in [-0.25, -0.2) is 4.79 Å². The molecule has 0 atom stereocenters. The lowest BCUT2D eigenvalue weighted by atomic mass is 10.4. The van der Waals surface area contributed by atoms with Crippen molar-refractivity contribution in [3.05, 3.63) is 12.7 Å². The highest BCUT2D eigenvalue weighted by Gasteiger charge is 2.12. The molecule has 0 aromatic rings. The van der Waals surface area contributed by atoms with Crippen LogP contribution in [0.1, 0.15) is 38.5 Å². The molecule has 1 N–H and O–H groups in total. The van der Waals surface area contributed by atoms with Crippen LogP contribution >= 0.6 is 0 Å². The zero-order valence-electron chi connectivity index (χ0n) is 19.0. The Morgan fingerprint density at radius 2 is 0.743 bits per heavy atom. The van der Waals surface area contributed by atoms with Crippen molar-refractivity contribution in [3.63, 3.8) is 0 Å². The third kappa shape index (κ3) is 20.4. The Balaban J connectivity index is 3.70. The molecular weight excluding hydrogens is 476 g/mol. The maximum Gasteiger partial charge on any atom is 0.330 e. The number of hydrogen-bond donors (Lipinski definition) is 1. The molecule has 0 rings (SSSR count). The summed E-state index contributed by atoms with van der Waals surface area (Å²) in [6.45, 7) is 1.65. The lowest BCUT2D eigenvalue weighted by molar-refractivity contribution is -0.152. The van der Waals surface area contributed by atoms with E-state index in [0.717, 1.165) is 6.08 Å². The molecule has 0 bridgehead atoms. The minimum atomic E-state index is -1.11. The van der Waals surface area contributed by atoms with Gasteiger partial charge in [-0.2, -0.15) is 0 Å². The number of carboxylic acids is 1. The molecule has 0 unspecified atom stereocenters. The molecule has 0 aliphatic heterocycles. The van der Waals surface area contributed by atoms with Crippen LogP contribution < -0.4 is 0 Å². The first-order chi connectivity index (χ1) is 16.6. The number of carbonyl (C=O) groups is 7. The Morgan fingerprint density at radius 1 is 0.486 bits per heavy atom. The summed E-state index contributed by atoms with van der Waals surface area (Å²) in [7, 11) is 0. The predicted molar refractivity (Wildman–Crippen MR) is 111 cm³/mol. The van der Waals surface area contributed by atoms with E-state index in [1.807, 2.05) is 0 Å². The Morgan fingerprint density at radius 3 is 1.00 bits per heavy atom. The standard InChI is InChI=1S/C21H28O14/c1-2-16(24)30-10-4-18(26)32-12-6-20(28)34-14-8-21(29)35-13-7-19(27)33-11-5-17(25)31-9-3-15(22)23/h2H,1,3-14H2,(H,22,23). The molecule has 0 amide bonds. The van der Waals surface area contributed by atoms with Crippen molar-refractivity contribution < 1.29 is 67.1 Å². The molecule has 0 saturated heterocycles. The fourth-order valence-corrected chi connectivity index (χ4v) is 1.90. The quantitative estimate of drug-likeness (QED) is 0.139. The molecule has 0 radical (unpaired) electrons. The number of carboxylic acid groups (broad SMARTS) is 1. The average molecular weight is 504 g/mol. The van der Waals surface area contributed by atoms with E-state index in [0.29, 0.717) is 0 Å². The summed E-state index contributed by atoms with van der Waals surface area (Å²) in [5.41, 5.74) is 0. The van der Waals surface area contributed by atoms with Crippen LogP contribution in [0.25, 0.3) is 0 Å². The average Bonchev–Trinajstić information content (AvgIpc) is 2.78. The van der Waals surface area contributed by atoms with E-state index in [1.54, 1.807) is 0 Å². The lowest BCUT2D eigenvalue weighted by Crippen LogP contribution is -2.17. The number of carbonyl (C=O) groups excluding carboxylic acids is 6. The van der Waals surface area contributed by atoms with Gasteiger partial charge in [-0.15, -0.1) is 0 Å². The van der Waals surface area contributed by atoms with Gasteiger partial charge in [-0.05, 0) is 0 Å². The van der Waals surface area contributed by atoms with Gasteiger partial charge < -0.3 is 33.5 Å². The highest BCUT2D eigenvalue weighted by molar-refractivity contribution is 5.81. The summed E-state index contributed by atoms with van der Waals surface area (Å²) < 4.78 is 28.3. The van der Waals surface area contributed by atoms with Gasteiger partial charge >= 0.3 is 41.8 Å². The first kappa shape index (κ1) is 31.0. The topological polar surface area (TPSA) is 195 Å². The van der Waals surface area contributed by atoms with Crippen molar-refractivity contribution >= 4 is 41.8 Å². The number of hydrogen-bond acceptors (Lipinski definition) is 13. The van der Waals surface area contributed by atoms with Gasteiger partial charge in [0.15, 0.2) is 0 Å². The van der Waals surface area contributed by atoms with Crippen LogP contribution in [0.15, 0.2) is 12.7 Å². The molecule has 0 fully saturated rings. The second-order valence-corrected chi connectivity index (χ2v) is 6.37. The van der Waals surface area contributed by atoms with E-state index in [2.05, 4.69) is 16.1 Å². The second kappa shape index (κ2) is 19.5. The van der Waals surface area contributed by atoms with Gasteiger partial charge in [-0.3, -0.25) is 28.8 Å². The van der Waals surface area contributed by atoms with Crippen molar-refractivity contribution in [1.82, 2.24) is 0 Å². The van der Waals surface area contributed by atoms with E-state index in [9.17, 15) is 33.6 Å². The molecule has 0 spiro atoms. The predicted octanol–water partition coefficient (Wildman–Crippen LogP) is -0.143. The Bertz CT molecular complexity index is 757. The molecule has 0 heterocycles. The number of aliphatic carboxylic acids is 1. The second-order valence-electron chi connectivity index (χ2n) is 6.37. The molecule has 14 nitrogen and oxygen atoms in total. The zero-order chi connectivity index (χ0) is 26.5. The van der Waals surface area contributed by atoms with E-state index in [1.165, 1.54) is 0 Å². The Kier molecular flexibility index (Phi) is 17.3. The van der Waals surface area contributed by atoms with Crippen LogP contribution in [0, 0.1) is 0 Å². The summed E-state index contributed by atoms with van der Waals surface area (Å²) in [5.74, 6) is -5.35. The molecule has 0 aromatic carbocycles. The van der Waals surface area contributed by atoms with Crippen LogP contribution in [0.3, 0.4) is 0 Å². The largest absolute Gasteiger partial charge is 0.481 e. The fraction of sp³-hybridized carbons (Fsp3) is 0.571.